The van der Waals surface area contributed by atoms with Crippen LogP contribution in [0.2, 0.25) is 10.0 Å². The summed E-state index contributed by atoms with van der Waals surface area (Å²) in [5.41, 5.74) is 8.40. The fourth-order valence-corrected chi connectivity index (χ4v) is 8.20. The van der Waals surface area contributed by atoms with Gasteiger partial charge in [-0.15, -0.1) is 0 Å². The zero-order valence-electron chi connectivity index (χ0n) is 39.4. The van der Waals surface area contributed by atoms with E-state index in [4.69, 9.17) is 47.2 Å². The van der Waals surface area contributed by atoms with Gasteiger partial charge in [0, 0.05) is 76.6 Å². The highest BCUT2D eigenvalue weighted by molar-refractivity contribution is 6.32. The van der Waals surface area contributed by atoms with Gasteiger partial charge < -0.3 is 34.3 Å². The van der Waals surface area contributed by atoms with E-state index in [1.165, 1.54) is 12.4 Å². The van der Waals surface area contributed by atoms with Crippen molar-refractivity contribution in [3.63, 3.8) is 0 Å². The lowest BCUT2D eigenvalue weighted by atomic mass is 9.94. The third-order valence-corrected chi connectivity index (χ3v) is 12.1. The van der Waals surface area contributed by atoms with Gasteiger partial charge in [0.1, 0.15) is 61.3 Å². The monoisotopic (exact) mass is 1010 g/mol. The summed E-state index contributed by atoms with van der Waals surface area (Å²) >= 11 is 13.8. The maximum Gasteiger partial charge on any atom is 0.325 e. The Kier molecular flexibility index (Phi) is 17.8. The van der Waals surface area contributed by atoms with Crippen molar-refractivity contribution in [3.05, 3.63) is 164 Å². The number of halogens is 2. The van der Waals surface area contributed by atoms with E-state index < -0.39 is 37.2 Å². The molecule has 370 valence electrons. The number of benzene rings is 4. The van der Waals surface area contributed by atoms with Crippen LogP contribution in [0.3, 0.4) is 0 Å². The number of nitriles is 2. The smallest absolute Gasteiger partial charge is 0.325 e. The number of carboxylic acids is 1. The molecule has 0 radical (unpaired) electrons. The number of aliphatic hydroxyl groups is 2. The van der Waals surface area contributed by atoms with E-state index in [-0.39, 0.29) is 50.6 Å². The van der Waals surface area contributed by atoms with Crippen LogP contribution in [-0.4, -0.2) is 78.4 Å². The summed E-state index contributed by atoms with van der Waals surface area (Å²) in [5.74, 6) is -0.680. The third kappa shape index (κ3) is 13.0. The van der Waals surface area contributed by atoms with Crippen LogP contribution < -0.4 is 24.8 Å². The second-order valence-corrected chi connectivity index (χ2v) is 17.7. The van der Waals surface area contributed by atoms with Crippen molar-refractivity contribution in [2.45, 2.75) is 78.4 Å². The molecular weight excluding hydrogens is 964 g/mol. The molecule has 2 atom stereocenters. The van der Waals surface area contributed by atoms with Crippen molar-refractivity contribution in [2.24, 2.45) is 0 Å². The van der Waals surface area contributed by atoms with Crippen molar-refractivity contribution < 1.29 is 43.9 Å². The Morgan fingerprint density at radius 1 is 0.694 bits per heavy atom. The topological polar surface area (TPSA) is 247 Å². The van der Waals surface area contributed by atoms with Crippen LogP contribution in [0.25, 0.3) is 22.0 Å². The van der Waals surface area contributed by atoms with Crippen molar-refractivity contribution in [2.75, 3.05) is 13.2 Å². The Morgan fingerprint density at radius 3 is 1.89 bits per heavy atom. The maximum atomic E-state index is 12.6. The number of esters is 1. The quantitative estimate of drug-likeness (QED) is 0.0388. The molecule has 0 bridgehead atoms. The van der Waals surface area contributed by atoms with Crippen LogP contribution in [0, 0.1) is 29.6 Å². The summed E-state index contributed by atoms with van der Waals surface area (Å²) in [5, 5.41) is 60.1. The van der Waals surface area contributed by atoms with Gasteiger partial charge in [-0.2, -0.15) is 15.6 Å². The van der Waals surface area contributed by atoms with E-state index >= 15 is 0 Å². The first-order valence-corrected chi connectivity index (χ1v) is 23.4. The number of pyridine rings is 2. The number of hydrogen-bond acceptors (Lipinski definition) is 15. The number of fused-ring (bicyclic) bond motifs is 1. The molecule has 17 nitrogen and oxygen atoms in total. The molecule has 0 saturated heterocycles. The summed E-state index contributed by atoms with van der Waals surface area (Å²) < 4.78 is 26.0. The van der Waals surface area contributed by atoms with Crippen LogP contribution >= 0.6 is 23.2 Å². The van der Waals surface area contributed by atoms with Gasteiger partial charge >= 0.3 is 11.9 Å². The minimum Gasteiger partial charge on any atom is -0.489 e. The summed E-state index contributed by atoms with van der Waals surface area (Å²) in [7, 11) is 0. The lowest BCUT2D eigenvalue weighted by Gasteiger charge is -2.20. The molecule has 0 aliphatic carbocycles. The predicted molar refractivity (Wildman–Crippen MR) is 267 cm³/mol. The molecule has 0 aliphatic rings. The fraction of sp³-hybridized carbons (Fsp3) is 0.264. The minimum atomic E-state index is -1.21. The van der Waals surface area contributed by atoms with Crippen LogP contribution in [0.15, 0.2) is 104 Å². The Labute approximate surface area is 425 Å². The number of ether oxygens (including phenoxy) is 4. The van der Waals surface area contributed by atoms with E-state index in [0.717, 1.165) is 33.2 Å². The number of aliphatic carboxylic acids is 1. The second kappa shape index (κ2) is 24.5. The highest BCUT2D eigenvalue weighted by atomic mass is 35.5. The predicted octanol–water partition coefficient (Wildman–Crippen LogP) is 7.57. The molecule has 7 aromatic rings. The molecule has 7 rings (SSSR count). The highest BCUT2D eigenvalue weighted by Gasteiger charge is 2.23. The van der Waals surface area contributed by atoms with Gasteiger partial charge in [-0.1, -0.05) is 53.5 Å². The van der Waals surface area contributed by atoms with Gasteiger partial charge in [0.2, 0.25) is 0 Å². The standard InChI is InChI=1S/C53H50Cl2N8O9/c1-31(2)72-53(68)47(27-65)61-23-39-13-45(55)51(15-50(39)70-29-36-11-34(17-57)19-59-21-36)71-30-37-6-4-7-41(32(37)3)42-8-5-9-48-43(42)24-62-63(48)25-40-14-49(69-28-35-10-33(16-56)18-58-20-35)38(12-44(40)54)22-60-46(26-64)52(66)67/h4-15,18-21,24,31,46-47,60-61,64-65H,22-23,25-30H2,1-3H3,(H,66,67)/t46-,47-/m0/s1. The maximum absolute atomic E-state index is 12.6. The average molecular weight is 1010 g/mol. The first kappa shape index (κ1) is 52.2. The lowest BCUT2D eigenvalue weighted by Crippen LogP contribution is -2.41. The molecule has 0 saturated carbocycles. The molecule has 0 aliphatic heterocycles. The Bertz CT molecular complexity index is 3170. The zero-order chi connectivity index (χ0) is 51.3. The van der Waals surface area contributed by atoms with Crippen molar-refractivity contribution in [1.29, 1.82) is 10.5 Å². The largest absolute Gasteiger partial charge is 0.489 e. The highest BCUT2D eigenvalue weighted by Crippen LogP contribution is 2.37. The fourth-order valence-electron chi connectivity index (χ4n) is 7.71. The average Bonchev–Trinajstić information content (AvgIpc) is 3.79. The van der Waals surface area contributed by atoms with E-state index in [9.17, 15) is 35.4 Å². The Hall–Kier alpha value is -7.61. The van der Waals surface area contributed by atoms with E-state index in [2.05, 4.69) is 32.7 Å². The van der Waals surface area contributed by atoms with Crippen molar-refractivity contribution in [1.82, 2.24) is 30.4 Å². The zero-order valence-corrected chi connectivity index (χ0v) is 40.9. The number of carbonyl (C=O) groups is 2. The van der Waals surface area contributed by atoms with Gasteiger partial charge in [-0.25, -0.2) is 0 Å². The first-order chi connectivity index (χ1) is 34.8. The molecule has 0 unspecified atom stereocenters. The van der Waals surface area contributed by atoms with Gasteiger partial charge in [0.15, 0.2) is 0 Å². The van der Waals surface area contributed by atoms with E-state index in [1.807, 2.05) is 48.0 Å². The number of carboxylic acid groups (broad SMARTS) is 1. The van der Waals surface area contributed by atoms with Gasteiger partial charge in [0.05, 0.1) is 53.7 Å². The molecule has 72 heavy (non-hydrogen) atoms. The van der Waals surface area contributed by atoms with Crippen LogP contribution in [-0.2, 0) is 53.8 Å². The number of nitrogens with one attached hydrogen (secondary N) is 2. The summed E-state index contributed by atoms with van der Waals surface area (Å²) in [6.45, 7) is 4.97. The Morgan fingerprint density at radius 2 is 1.28 bits per heavy atom. The first-order valence-electron chi connectivity index (χ1n) is 22.6. The van der Waals surface area contributed by atoms with Crippen LogP contribution in [0.1, 0.15) is 63.9 Å². The van der Waals surface area contributed by atoms with E-state index in [1.54, 1.807) is 68.8 Å². The third-order valence-electron chi connectivity index (χ3n) is 11.5. The van der Waals surface area contributed by atoms with Gasteiger partial charge in [-0.05, 0) is 85.0 Å². The molecule has 0 fully saturated rings. The SMILES string of the molecule is Cc1c(COc2cc(OCc3cncc(C#N)c3)c(CN[C@@H](CO)C(=O)OC(C)C)cc2Cl)cccc1-c1cccc2c1cnn2Cc1cc(OCc2cncc(C#N)c2)c(CN[C@@H](CO)C(=O)O)cc1Cl. The number of aliphatic hydroxyl groups excluding tert-OH is 2. The number of hydrogen-bond donors (Lipinski definition) is 5. The molecular formula is C53H50Cl2N8O9. The van der Waals surface area contributed by atoms with Crippen LogP contribution in [0.5, 0.6) is 17.2 Å². The summed E-state index contributed by atoms with van der Waals surface area (Å²) in [6.07, 6.45) is 7.52. The summed E-state index contributed by atoms with van der Waals surface area (Å²) in [6, 6.07) is 24.0. The van der Waals surface area contributed by atoms with Crippen LogP contribution in [0.4, 0.5) is 0 Å². The Balaban J connectivity index is 1.13. The molecule has 3 aromatic heterocycles. The van der Waals surface area contributed by atoms with Crippen molar-refractivity contribution in [3.8, 4) is 40.5 Å². The number of carbonyl (C=O) groups excluding carboxylic acids is 1. The molecule has 5 N–H and O–H groups in total. The molecule has 4 aromatic carbocycles. The second-order valence-electron chi connectivity index (χ2n) is 16.9. The lowest BCUT2D eigenvalue weighted by molar-refractivity contribution is -0.151. The van der Waals surface area contributed by atoms with Gasteiger partial charge in [0.25, 0.3) is 0 Å². The van der Waals surface area contributed by atoms with E-state index in [0.29, 0.717) is 61.2 Å². The molecule has 19 heteroatoms. The normalized spacial score (nSPS) is 12.0. The molecule has 0 spiro atoms. The molecule has 3 heterocycles. The van der Waals surface area contributed by atoms with Crippen molar-refractivity contribution >= 4 is 46.0 Å². The number of nitrogens with zero attached hydrogens (tertiary/aromatic N) is 6. The van der Waals surface area contributed by atoms with Gasteiger partial charge in [-0.3, -0.25) is 34.9 Å². The summed E-state index contributed by atoms with van der Waals surface area (Å²) in [4.78, 5) is 32.5. The number of rotatable bonds is 23. The minimum absolute atomic E-state index is 0.0254. The number of aromatic nitrogens is 4. The molecule has 0 amide bonds.